The molecule has 0 unspecified atom stereocenters. The molecule has 1 N–H and O–H groups in total. The Labute approximate surface area is 121 Å². The minimum Gasteiger partial charge on any atom is -0.493 e. The lowest BCUT2D eigenvalue weighted by molar-refractivity contribution is -0.121. The van der Waals surface area contributed by atoms with Crippen LogP contribution in [0.2, 0.25) is 0 Å². The van der Waals surface area contributed by atoms with Gasteiger partial charge in [-0.05, 0) is 30.3 Å². The van der Waals surface area contributed by atoms with Gasteiger partial charge in [0.2, 0.25) is 5.91 Å². The number of hydrogen-bond donors (Lipinski definition) is 1. The lowest BCUT2D eigenvalue weighted by Crippen LogP contribution is -2.25. The molecule has 2 rings (SSSR count). The molecular weight excluding hydrogens is 276 g/mol. The summed E-state index contributed by atoms with van der Waals surface area (Å²) >= 11 is 0. The first-order valence-electron chi connectivity index (χ1n) is 6.53. The minimum absolute atomic E-state index is 0.0479. The van der Waals surface area contributed by atoms with E-state index in [-0.39, 0.29) is 31.0 Å². The molecule has 0 heterocycles. The average Bonchev–Trinajstić information content (AvgIpc) is 2.49. The molecule has 0 aliphatic rings. The third-order valence-corrected chi connectivity index (χ3v) is 2.82. The summed E-state index contributed by atoms with van der Waals surface area (Å²) in [6.07, 6.45) is 0.145. The maximum Gasteiger partial charge on any atom is 0.223 e. The Kier molecular flexibility index (Phi) is 5.26. The Balaban J connectivity index is 1.74. The van der Waals surface area contributed by atoms with Crippen molar-refractivity contribution in [2.45, 2.75) is 13.0 Å². The third-order valence-electron chi connectivity index (χ3n) is 2.82. The molecule has 110 valence electrons. The van der Waals surface area contributed by atoms with E-state index in [1.165, 1.54) is 0 Å². The quantitative estimate of drug-likeness (QED) is 0.888. The van der Waals surface area contributed by atoms with Gasteiger partial charge in [0.05, 0.1) is 13.0 Å². The molecule has 0 aliphatic carbocycles. The van der Waals surface area contributed by atoms with Gasteiger partial charge in [-0.3, -0.25) is 4.79 Å². The summed E-state index contributed by atoms with van der Waals surface area (Å²) in [6, 6.07) is 12.3. The first-order chi connectivity index (χ1) is 10.1. The lowest BCUT2D eigenvalue weighted by Gasteiger charge is -2.08. The second-order valence-electron chi connectivity index (χ2n) is 4.42. The van der Waals surface area contributed by atoms with Crippen molar-refractivity contribution in [3.05, 3.63) is 65.7 Å². The fraction of sp³-hybridized carbons (Fsp3) is 0.188. The van der Waals surface area contributed by atoms with Crippen LogP contribution in [0.15, 0.2) is 48.5 Å². The summed E-state index contributed by atoms with van der Waals surface area (Å²) in [5.41, 5.74) is 0.118. The first-order valence-corrected chi connectivity index (χ1v) is 6.53. The molecule has 2 aromatic carbocycles. The topological polar surface area (TPSA) is 38.3 Å². The Morgan fingerprint density at radius 3 is 2.62 bits per heavy atom. The second-order valence-corrected chi connectivity index (χ2v) is 4.42. The van der Waals surface area contributed by atoms with Gasteiger partial charge in [-0.15, -0.1) is 0 Å². The van der Waals surface area contributed by atoms with Crippen LogP contribution in [-0.2, 0) is 11.3 Å². The molecule has 0 atom stereocenters. The molecular formula is C16H15F2NO2. The van der Waals surface area contributed by atoms with Crippen molar-refractivity contribution in [3.8, 4) is 5.75 Å². The molecule has 0 spiro atoms. The number of rotatable bonds is 6. The fourth-order valence-corrected chi connectivity index (χ4v) is 1.74. The molecule has 2 aromatic rings. The molecule has 0 fully saturated rings. The van der Waals surface area contributed by atoms with Crippen LogP contribution in [0.25, 0.3) is 0 Å². The molecule has 21 heavy (non-hydrogen) atoms. The van der Waals surface area contributed by atoms with Crippen molar-refractivity contribution in [1.29, 1.82) is 0 Å². The number of amides is 1. The number of carbonyl (C=O) groups excluding carboxylic acids is 1. The van der Waals surface area contributed by atoms with Gasteiger partial charge < -0.3 is 10.1 Å². The van der Waals surface area contributed by atoms with E-state index in [9.17, 15) is 13.6 Å². The summed E-state index contributed by atoms with van der Waals surface area (Å²) in [6.45, 7) is 0.176. The molecule has 5 heteroatoms. The lowest BCUT2D eigenvalue weighted by atomic mass is 10.2. The van der Waals surface area contributed by atoms with Crippen LogP contribution in [0.1, 0.15) is 12.0 Å². The number of carbonyl (C=O) groups is 1. The number of para-hydroxylation sites is 1. The van der Waals surface area contributed by atoms with Crippen LogP contribution < -0.4 is 10.1 Å². The van der Waals surface area contributed by atoms with E-state index in [1.54, 1.807) is 12.1 Å². The van der Waals surface area contributed by atoms with E-state index < -0.39 is 11.6 Å². The van der Waals surface area contributed by atoms with E-state index in [0.717, 1.165) is 18.2 Å². The molecule has 0 radical (unpaired) electrons. The summed E-state index contributed by atoms with van der Waals surface area (Å²) in [5, 5.41) is 2.53. The van der Waals surface area contributed by atoms with Gasteiger partial charge in [0.15, 0.2) is 0 Å². The standard InChI is InChI=1S/C16H15F2NO2/c17-13-6-7-15(18)12(10-13)11-19-16(20)8-9-21-14-4-2-1-3-5-14/h1-7,10H,8-9,11H2,(H,19,20). The molecule has 0 saturated heterocycles. The van der Waals surface area contributed by atoms with E-state index >= 15 is 0 Å². The van der Waals surface area contributed by atoms with Crippen molar-refractivity contribution in [1.82, 2.24) is 5.32 Å². The Bertz CT molecular complexity index is 602. The normalized spacial score (nSPS) is 10.2. The van der Waals surface area contributed by atoms with Crippen molar-refractivity contribution in [2.24, 2.45) is 0 Å². The van der Waals surface area contributed by atoms with Crippen LogP contribution in [0.5, 0.6) is 5.75 Å². The number of nitrogens with one attached hydrogen (secondary N) is 1. The first kappa shape index (κ1) is 15.0. The predicted molar refractivity (Wildman–Crippen MR) is 74.8 cm³/mol. The van der Waals surface area contributed by atoms with Crippen LogP contribution in [0.4, 0.5) is 8.78 Å². The highest BCUT2D eigenvalue weighted by atomic mass is 19.1. The van der Waals surface area contributed by atoms with Crippen LogP contribution in [0, 0.1) is 11.6 Å². The molecule has 3 nitrogen and oxygen atoms in total. The molecule has 0 bridgehead atoms. The minimum atomic E-state index is -0.544. The number of benzene rings is 2. The highest BCUT2D eigenvalue weighted by Crippen LogP contribution is 2.10. The van der Waals surface area contributed by atoms with E-state index in [1.807, 2.05) is 18.2 Å². The summed E-state index contributed by atoms with van der Waals surface area (Å²) in [5.74, 6) is -0.679. The van der Waals surface area contributed by atoms with Crippen LogP contribution >= 0.6 is 0 Å². The Morgan fingerprint density at radius 1 is 1.10 bits per heavy atom. The van der Waals surface area contributed by atoms with Gasteiger partial charge in [0, 0.05) is 12.1 Å². The van der Waals surface area contributed by atoms with Crippen LogP contribution in [0.3, 0.4) is 0 Å². The smallest absolute Gasteiger partial charge is 0.223 e. The highest BCUT2D eigenvalue weighted by molar-refractivity contribution is 5.76. The van der Waals surface area contributed by atoms with Gasteiger partial charge in [-0.2, -0.15) is 0 Å². The summed E-state index contributed by atoms with van der Waals surface area (Å²) in [7, 11) is 0. The summed E-state index contributed by atoms with van der Waals surface area (Å²) < 4.78 is 31.7. The van der Waals surface area contributed by atoms with Gasteiger partial charge >= 0.3 is 0 Å². The van der Waals surface area contributed by atoms with E-state index in [0.29, 0.717) is 5.75 Å². The molecule has 0 saturated carbocycles. The van der Waals surface area contributed by atoms with Crippen molar-refractivity contribution in [3.63, 3.8) is 0 Å². The van der Waals surface area contributed by atoms with Crippen molar-refractivity contribution < 1.29 is 18.3 Å². The second kappa shape index (κ2) is 7.38. The predicted octanol–water partition coefficient (Wildman–Crippen LogP) is 3.05. The summed E-state index contributed by atoms with van der Waals surface area (Å²) in [4.78, 5) is 11.6. The monoisotopic (exact) mass is 291 g/mol. The van der Waals surface area contributed by atoms with Crippen LogP contribution in [-0.4, -0.2) is 12.5 Å². The Hall–Kier alpha value is -2.43. The average molecular weight is 291 g/mol. The SMILES string of the molecule is O=C(CCOc1ccccc1)NCc1cc(F)ccc1F. The Morgan fingerprint density at radius 2 is 1.86 bits per heavy atom. The number of ether oxygens (including phenoxy) is 1. The molecule has 0 aromatic heterocycles. The molecule has 0 aliphatic heterocycles. The number of hydrogen-bond acceptors (Lipinski definition) is 2. The van der Waals surface area contributed by atoms with Gasteiger partial charge in [0.25, 0.3) is 0 Å². The van der Waals surface area contributed by atoms with Gasteiger partial charge in [-0.1, -0.05) is 18.2 Å². The number of halogens is 2. The van der Waals surface area contributed by atoms with Crippen molar-refractivity contribution >= 4 is 5.91 Å². The molecule has 1 amide bonds. The van der Waals surface area contributed by atoms with E-state index in [2.05, 4.69) is 5.32 Å². The third kappa shape index (κ3) is 4.87. The zero-order valence-electron chi connectivity index (χ0n) is 11.3. The zero-order valence-corrected chi connectivity index (χ0v) is 11.3. The highest BCUT2D eigenvalue weighted by Gasteiger charge is 2.06. The zero-order chi connectivity index (χ0) is 15.1. The van der Waals surface area contributed by atoms with Gasteiger partial charge in [0.1, 0.15) is 17.4 Å². The van der Waals surface area contributed by atoms with Crippen molar-refractivity contribution in [2.75, 3.05) is 6.61 Å². The fourth-order valence-electron chi connectivity index (χ4n) is 1.74. The van der Waals surface area contributed by atoms with E-state index in [4.69, 9.17) is 4.74 Å². The largest absolute Gasteiger partial charge is 0.493 e. The maximum atomic E-state index is 13.4. The van der Waals surface area contributed by atoms with Gasteiger partial charge in [-0.25, -0.2) is 8.78 Å². The maximum absolute atomic E-state index is 13.4.